The molecule has 4 bridgehead atoms. The van der Waals surface area contributed by atoms with Gasteiger partial charge in [0.2, 0.25) is 5.91 Å². The second kappa shape index (κ2) is 8.90. The zero-order valence-corrected chi connectivity index (χ0v) is 21.5. The number of hydrogen-bond donors (Lipinski definition) is 1. The maximum absolute atomic E-state index is 13.4. The molecule has 4 aliphatic carbocycles. The Morgan fingerprint density at radius 1 is 1.09 bits per heavy atom. The first kappa shape index (κ1) is 23.2. The molecule has 2 aromatic rings. The summed E-state index contributed by atoms with van der Waals surface area (Å²) in [7, 11) is 4.06. The van der Waals surface area contributed by atoms with Gasteiger partial charge in [0.05, 0.1) is 11.3 Å². The van der Waals surface area contributed by atoms with E-state index in [4.69, 9.17) is 11.6 Å². The highest BCUT2D eigenvalue weighted by Crippen LogP contribution is 2.55. The van der Waals surface area contributed by atoms with E-state index in [0.29, 0.717) is 5.02 Å². The third-order valence-electron chi connectivity index (χ3n) is 7.97. The van der Waals surface area contributed by atoms with Gasteiger partial charge in [-0.15, -0.1) is 10.2 Å². The highest BCUT2D eigenvalue weighted by molar-refractivity contribution is 8.00. The van der Waals surface area contributed by atoms with Gasteiger partial charge in [0.15, 0.2) is 11.0 Å². The van der Waals surface area contributed by atoms with E-state index in [1.54, 1.807) is 0 Å². The molecule has 8 heteroatoms. The monoisotopic (exact) mass is 487 g/mol. The third-order valence-corrected chi connectivity index (χ3v) is 9.26. The highest BCUT2D eigenvalue weighted by atomic mass is 35.5. The van der Waals surface area contributed by atoms with Gasteiger partial charge in [0.1, 0.15) is 0 Å². The fourth-order valence-electron chi connectivity index (χ4n) is 6.53. The lowest BCUT2D eigenvalue weighted by molar-refractivity contribution is -0.126. The van der Waals surface area contributed by atoms with Crippen molar-refractivity contribution in [2.24, 2.45) is 17.8 Å². The Hall–Kier alpha value is -1.57. The Balaban J connectivity index is 1.36. The van der Waals surface area contributed by atoms with E-state index >= 15 is 0 Å². The van der Waals surface area contributed by atoms with E-state index < -0.39 is 0 Å². The average molecular weight is 488 g/mol. The van der Waals surface area contributed by atoms with Crippen molar-refractivity contribution in [3.8, 4) is 5.69 Å². The van der Waals surface area contributed by atoms with Gasteiger partial charge in [0.25, 0.3) is 0 Å². The Labute approximate surface area is 205 Å². The number of amides is 1. The largest absolute Gasteiger partial charge is 0.350 e. The molecule has 178 valence electrons. The van der Waals surface area contributed by atoms with Crippen molar-refractivity contribution in [3.63, 3.8) is 0 Å². The molecular formula is C25H34ClN5OS. The summed E-state index contributed by atoms with van der Waals surface area (Å²) < 4.78 is 2.06. The van der Waals surface area contributed by atoms with Gasteiger partial charge in [-0.05, 0) is 108 Å². The molecule has 4 saturated carbocycles. The summed E-state index contributed by atoms with van der Waals surface area (Å²) in [4.78, 5) is 15.5. The minimum absolute atomic E-state index is 0.0229. The van der Waals surface area contributed by atoms with Crippen LogP contribution in [0.25, 0.3) is 5.69 Å². The number of carbonyl (C=O) groups excluding carboxylic acids is 1. The Morgan fingerprint density at radius 3 is 2.21 bits per heavy atom. The number of benzene rings is 1. The van der Waals surface area contributed by atoms with Crippen LogP contribution in [-0.4, -0.2) is 50.5 Å². The maximum atomic E-state index is 13.4. The van der Waals surface area contributed by atoms with Crippen LogP contribution >= 0.6 is 23.4 Å². The van der Waals surface area contributed by atoms with Gasteiger partial charge in [-0.25, -0.2) is 0 Å². The van der Waals surface area contributed by atoms with Gasteiger partial charge in [0, 0.05) is 16.2 Å². The van der Waals surface area contributed by atoms with Crippen molar-refractivity contribution in [2.45, 2.75) is 74.4 Å². The van der Waals surface area contributed by atoms with Gasteiger partial charge >= 0.3 is 0 Å². The molecule has 6 rings (SSSR count). The van der Waals surface area contributed by atoms with Gasteiger partial charge < -0.3 is 5.32 Å². The Morgan fingerprint density at radius 2 is 1.67 bits per heavy atom. The SMILES string of the molecule is CC(Sc1nnc(C(C)N(C)C)n1-c1ccc(Cl)cc1)C(=O)NC12CC3CC(CC(C3)C1)C2. The first-order chi connectivity index (χ1) is 15.7. The van der Waals surface area contributed by atoms with Crippen molar-refractivity contribution in [2.75, 3.05) is 14.1 Å². The molecule has 1 aromatic heterocycles. The van der Waals surface area contributed by atoms with Crippen molar-refractivity contribution in [3.05, 3.63) is 35.1 Å². The molecule has 2 unspecified atom stereocenters. The number of hydrogen-bond acceptors (Lipinski definition) is 5. The number of aromatic nitrogens is 3. The van der Waals surface area contributed by atoms with Crippen LogP contribution in [0, 0.1) is 17.8 Å². The number of nitrogens with one attached hydrogen (secondary N) is 1. The number of nitrogens with zero attached hydrogens (tertiary/aromatic N) is 4. The van der Waals surface area contributed by atoms with E-state index in [0.717, 1.165) is 53.7 Å². The lowest BCUT2D eigenvalue weighted by Crippen LogP contribution is -2.60. The summed E-state index contributed by atoms with van der Waals surface area (Å²) in [6, 6.07) is 7.76. The van der Waals surface area contributed by atoms with Crippen LogP contribution in [0.2, 0.25) is 5.02 Å². The van der Waals surface area contributed by atoms with Crippen LogP contribution in [0.1, 0.15) is 64.2 Å². The number of carbonyl (C=O) groups is 1. The zero-order chi connectivity index (χ0) is 23.3. The molecule has 33 heavy (non-hydrogen) atoms. The first-order valence-electron chi connectivity index (χ1n) is 12.1. The standard InChI is InChI=1S/C25H34ClN5OS/c1-15(30(3)4)22-28-29-24(31(22)21-7-5-20(26)6-8-21)33-16(2)23(32)27-25-12-17-9-18(13-25)11-19(10-17)14-25/h5-8,15-19H,9-14H2,1-4H3,(H,27,32). The molecular weight excluding hydrogens is 454 g/mol. The summed E-state index contributed by atoms with van der Waals surface area (Å²) in [6.45, 7) is 4.09. The summed E-state index contributed by atoms with van der Waals surface area (Å²) >= 11 is 7.61. The van der Waals surface area contributed by atoms with Crippen LogP contribution in [-0.2, 0) is 4.79 Å². The number of thioether (sulfide) groups is 1. The van der Waals surface area contributed by atoms with Crippen LogP contribution in [0.4, 0.5) is 0 Å². The van der Waals surface area contributed by atoms with Gasteiger partial charge in [-0.1, -0.05) is 23.4 Å². The molecule has 4 fully saturated rings. The minimum Gasteiger partial charge on any atom is -0.350 e. The first-order valence-corrected chi connectivity index (χ1v) is 13.3. The molecule has 0 saturated heterocycles. The molecule has 0 radical (unpaired) electrons. The molecule has 0 spiro atoms. The predicted octanol–water partition coefficient (Wildman–Crippen LogP) is 5.11. The van der Waals surface area contributed by atoms with Crippen molar-refractivity contribution in [1.29, 1.82) is 0 Å². The van der Waals surface area contributed by atoms with Crippen LogP contribution in [0.5, 0.6) is 0 Å². The van der Waals surface area contributed by atoms with E-state index in [1.807, 2.05) is 45.3 Å². The number of rotatable bonds is 7. The average Bonchev–Trinajstić information content (AvgIpc) is 3.15. The van der Waals surface area contributed by atoms with E-state index in [2.05, 4.69) is 31.9 Å². The Kier molecular flexibility index (Phi) is 6.25. The van der Waals surface area contributed by atoms with E-state index in [9.17, 15) is 4.79 Å². The summed E-state index contributed by atoms with van der Waals surface area (Å²) in [5.41, 5.74) is 0.971. The lowest BCUT2D eigenvalue weighted by atomic mass is 9.53. The van der Waals surface area contributed by atoms with Crippen molar-refractivity contribution >= 4 is 29.3 Å². The molecule has 0 aliphatic heterocycles. The van der Waals surface area contributed by atoms with Crippen molar-refractivity contribution < 1.29 is 4.79 Å². The van der Waals surface area contributed by atoms with Gasteiger partial charge in [-0.3, -0.25) is 14.3 Å². The quantitative estimate of drug-likeness (QED) is 0.550. The fourth-order valence-corrected chi connectivity index (χ4v) is 7.53. The second-order valence-electron chi connectivity index (χ2n) is 10.7. The normalized spacial score (nSPS) is 29.9. The molecule has 1 N–H and O–H groups in total. The highest BCUT2D eigenvalue weighted by Gasteiger charge is 2.51. The molecule has 1 amide bonds. The summed E-state index contributed by atoms with van der Waals surface area (Å²) in [5, 5.41) is 13.7. The van der Waals surface area contributed by atoms with Gasteiger partial charge in [-0.2, -0.15) is 0 Å². The lowest BCUT2D eigenvalue weighted by Gasteiger charge is -2.57. The fraction of sp³-hybridized carbons (Fsp3) is 0.640. The third kappa shape index (κ3) is 4.56. The van der Waals surface area contributed by atoms with E-state index in [-0.39, 0.29) is 22.7 Å². The maximum Gasteiger partial charge on any atom is 0.233 e. The minimum atomic E-state index is -0.254. The zero-order valence-electron chi connectivity index (χ0n) is 19.9. The predicted molar refractivity (Wildman–Crippen MR) is 133 cm³/mol. The Bertz CT molecular complexity index is 985. The van der Waals surface area contributed by atoms with Crippen LogP contribution < -0.4 is 5.32 Å². The molecule has 1 aromatic carbocycles. The molecule has 4 aliphatic rings. The van der Waals surface area contributed by atoms with Crippen LogP contribution in [0.3, 0.4) is 0 Å². The molecule has 1 heterocycles. The smallest absolute Gasteiger partial charge is 0.233 e. The van der Waals surface area contributed by atoms with Crippen molar-refractivity contribution in [1.82, 2.24) is 25.0 Å². The molecule has 2 atom stereocenters. The number of halogens is 1. The second-order valence-corrected chi connectivity index (χ2v) is 12.5. The van der Waals surface area contributed by atoms with E-state index in [1.165, 1.54) is 31.0 Å². The summed E-state index contributed by atoms with van der Waals surface area (Å²) in [6.07, 6.45) is 7.60. The topological polar surface area (TPSA) is 63.1 Å². The molecule has 6 nitrogen and oxygen atoms in total. The summed E-state index contributed by atoms with van der Waals surface area (Å²) in [5.74, 6) is 3.39. The van der Waals surface area contributed by atoms with Crippen LogP contribution in [0.15, 0.2) is 29.4 Å².